The summed E-state index contributed by atoms with van der Waals surface area (Å²) < 4.78 is 51.7. The second-order valence-electron chi connectivity index (χ2n) is 6.93. The highest BCUT2D eigenvalue weighted by atomic mass is 32.2. The zero-order valence-corrected chi connectivity index (χ0v) is 19.2. The third-order valence-electron chi connectivity index (χ3n) is 4.98. The van der Waals surface area contributed by atoms with Crippen LogP contribution in [0.15, 0.2) is 64.1 Å². The molecule has 1 N–H and O–H groups in total. The standard InChI is InChI=1S/C22H22N4O6S/c1-26-16(10-11-23-26)14-8-9-17(29-2)15(12-14)20-13-21(24-32-20)25-33(27,28)22-18(30-3)6-5-7-19(22)31-4/h5-13H,1-4H3,(H,24,25). The number of anilines is 1. The van der Waals surface area contributed by atoms with E-state index < -0.39 is 10.0 Å². The summed E-state index contributed by atoms with van der Waals surface area (Å²) in [6.07, 6.45) is 1.70. The van der Waals surface area contributed by atoms with Crippen LogP contribution in [0.5, 0.6) is 17.2 Å². The summed E-state index contributed by atoms with van der Waals surface area (Å²) in [7, 11) is 2.04. The second kappa shape index (κ2) is 8.87. The SMILES string of the molecule is COc1ccc(-c2ccnn2C)cc1-c1cc(NS(=O)(=O)c2c(OC)cccc2OC)no1. The Bertz CT molecular complexity index is 1370. The number of methoxy groups -OCH3 is 3. The molecule has 0 aliphatic carbocycles. The largest absolute Gasteiger partial charge is 0.496 e. The van der Waals surface area contributed by atoms with E-state index >= 15 is 0 Å². The van der Waals surface area contributed by atoms with Crippen LogP contribution in [0.3, 0.4) is 0 Å². The fourth-order valence-electron chi connectivity index (χ4n) is 3.44. The van der Waals surface area contributed by atoms with Crippen LogP contribution >= 0.6 is 0 Å². The summed E-state index contributed by atoms with van der Waals surface area (Å²) >= 11 is 0. The van der Waals surface area contributed by atoms with Crippen LogP contribution in [0.25, 0.3) is 22.6 Å². The van der Waals surface area contributed by atoms with Crippen LogP contribution in [-0.4, -0.2) is 44.7 Å². The number of aromatic nitrogens is 3. The molecule has 0 unspecified atom stereocenters. The molecular formula is C22H22N4O6S. The van der Waals surface area contributed by atoms with Gasteiger partial charge in [-0.1, -0.05) is 11.2 Å². The number of rotatable bonds is 8. The van der Waals surface area contributed by atoms with E-state index in [1.54, 1.807) is 23.0 Å². The molecule has 0 aliphatic rings. The minimum atomic E-state index is -4.10. The van der Waals surface area contributed by atoms with E-state index in [1.807, 2.05) is 25.2 Å². The molecule has 0 aliphatic heterocycles. The van der Waals surface area contributed by atoms with Crippen molar-refractivity contribution in [2.45, 2.75) is 4.90 Å². The van der Waals surface area contributed by atoms with E-state index in [-0.39, 0.29) is 22.2 Å². The lowest BCUT2D eigenvalue weighted by atomic mass is 10.1. The van der Waals surface area contributed by atoms with Crippen LogP contribution in [-0.2, 0) is 17.1 Å². The average Bonchev–Trinajstić information content (AvgIpc) is 3.46. The highest BCUT2D eigenvalue weighted by Gasteiger charge is 2.26. The number of benzene rings is 2. The Morgan fingerprint density at radius 2 is 1.64 bits per heavy atom. The molecule has 33 heavy (non-hydrogen) atoms. The van der Waals surface area contributed by atoms with Crippen molar-refractivity contribution in [2.24, 2.45) is 7.05 Å². The molecule has 0 radical (unpaired) electrons. The first-order valence-electron chi connectivity index (χ1n) is 9.75. The van der Waals surface area contributed by atoms with Crippen molar-refractivity contribution in [3.63, 3.8) is 0 Å². The average molecular weight is 471 g/mol. The zero-order chi connectivity index (χ0) is 23.6. The number of ether oxygens (including phenoxy) is 3. The molecule has 11 heteroatoms. The van der Waals surface area contributed by atoms with E-state index in [4.69, 9.17) is 18.7 Å². The smallest absolute Gasteiger partial charge is 0.270 e. The lowest BCUT2D eigenvalue weighted by Crippen LogP contribution is -2.15. The fourth-order valence-corrected chi connectivity index (χ4v) is 4.74. The molecule has 2 aromatic carbocycles. The third-order valence-corrected chi connectivity index (χ3v) is 6.40. The summed E-state index contributed by atoms with van der Waals surface area (Å²) in [5, 5.41) is 8.07. The quantitative estimate of drug-likeness (QED) is 0.415. The Kier molecular flexibility index (Phi) is 5.97. The van der Waals surface area contributed by atoms with Gasteiger partial charge in [0.2, 0.25) is 0 Å². The van der Waals surface area contributed by atoms with Crippen molar-refractivity contribution in [2.75, 3.05) is 26.1 Å². The monoisotopic (exact) mass is 470 g/mol. The van der Waals surface area contributed by atoms with E-state index in [1.165, 1.54) is 39.5 Å². The second-order valence-corrected chi connectivity index (χ2v) is 8.55. The zero-order valence-electron chi connectivity index (χ0n) is 18.4. The van der Waals surface area contributed by atoms with Crippen LogP contribution < -0.4 is 18.9 Å². The minimum Gasteiger partial charge on any atom is -0.496 e. The molecule has 0 spiro atoms. The van der Waals surface area contributed by atoms with Crippen molar-refractivity contribution in [3.05, 3.63) is 54.7 Å². The summed E-state index contributed by atoms with van der Waals surface area (Å²) in [5.41, 5.74) is 2.37. The highest BCUT2D eigenvalue weighted by Crippen LogP contribution is 2.37. The van der Waals surface area contributed by atoms with Gasteiger partial charge >= 0.3 is 0 Å². The highest BCUT2D eigenvalue weighted by molar-refractivity contribution is 7.93. The molecule has 0 fully saturated rings. The number of sulfonamides is 1. The summed E-state index contributed by atoms with van der Waals surface area (Å²) in [5.74, 6) is 1.12. The van der Waals surface area contributed by atoms with Crippen molar-refractivity contribution in [3.8, 4) is 39.8 Å². The van der Waals surface area contributed by atoms with Gasteiger partial charge in [0.05, 0.1) is 32.6 Å². The van der Waals surface area contributed by atoms with Gasteiger partial charge in [-0.15, -0.1) is 0 Å². The Morgan fingerprint density at radius 1 is 0.939 bits per heavy atom. The van der Waals surface area contributed by atoms with Gasteiger partial charge in [-0.2, -0.15) is 5.10 Å². The Balaban J connectivity index is 1.70. The number of aryl methyl sites for hydroxylation is 1. The molecule has 0 saturated heterocycles. The summed E-state index contributed by atoms with van der Waals surface area (Å²) in [4.78, 5) is -0.143. The van der Waals surface area contributed by atoms with Crippen LogP contribution in [0.2, 0.25) is 0 Å². The van der Waals surface area contributed by atoms with Gasteiger partial charge in [0.1, 0.15) is 17.2 Å². The first kappa shape index (κ1) is 22.2. The number of nitrogens with one attached hydrogen (secondary N) is 1. The van der Waals surface area contributed by atoms with Crippen LogP contribution in [0.4, 0.5) is 5.82 Å². The topological polar surface area (TPSA) is 118 Å². The lowest BCUT2D eigenvalue weighted by Gasteiger charge is -2.13. The number of hydrogen-bond acceptors (Lipinski definition) is 8. The summed E-state index contributed by atoms with van der Waals surface area (Å²) in [6.45, 7) is 0. The van der Waals surface area contributed by atoms with Crippen LogP contribution in [0.1, 0.15) is 0 Å². The number of nitrogens with zero attached hydrogens (tertiary/aromatic N) is 3. The molecule has 4 rings (SSSR count). The third kappa shape index (κ3) is 4.22. The molecular weight excluding hydrogens is 448 g/mol. The maximum atomic E-state index is 13.1. The lowest BCUT2D eigenvalue weighted by molar-refractivity contribution is 0.373. The van der Waals surface area contributed by atoms with Gasteiger partial charge in [0.15, 0.2) is 16.5 Å². The molecule has 2 heterocycles. The van der Waals surface area contributed by atoms with Gasteiger partial charge < -0.3 is 18.7 Å². The first-order chi connectivity index (χ1) is 15.9. The van der Waals surface area contributed by atoms with Crippen molar-refractivity contribution < 1.29 is 27.2 Å². The minimum absolute atomic E-state index is 0.00838. The maximum Gasteiger partial charge on any atom is 0.270 e. The van der Waals surface area contributed by atoms with E-state index in [9.17, 15) is 8.42 Å². The van der Waals surface area contributed by atoms with Crippen molar-refractivity contribution in [1.82, 2.24) is 14.9 Å². The first-order valence-corrected chi connectivity index (χ1v) is 11.2. The molecule has 0 atom stereocenters. The Hall–Kier alpha value is -3.99. The number of hydrogen-bond donors (Lipinski definition) is 1. The van der Waals surface area contributed by atoms with Gasteiger partial charge in [-0.3, -0.25) is 9.40 Å². The van der Waals surface area contributed by atoms with Crippen LogP contribution in [0, 0.1) is 0 Å². The van der Waals surface area contributed by atoms with Gasteiger partial charge in [0.25, 0.3) is 10.0 Å². The molecule has 2 aromatic heterocycles. The normalized spacial score (nSPS) is 11.3. The molecule has 0 saturated carbocycles. The van der Waals surface area contributed by atoms with E-state index in [0.717, 1.165) is 11.3 Å². The molecule has 4 aromatic rings. The predicted octanol–water partition coefficient (Wildman–Crippen LogP) is 3.57. The predicted molar refractivity (Wildman–Crippen MR) is 121 cm³/mol. The van der Waals surface area contributed by atoms with Gasteiger partial charge in [0, 0.05) is 24.9 Å². The fraction of sp³-hybridized carbons (Fsp3) is 0.182. The van der Waals surface area contributed by atoms with E-state index in [2.05, 4.69) is 15.0 Å². The van der Waals surface area contributed by atoms with Crippen molar-refractivity contribution in [1.29, 1.82) is 0 Å². The molecule has 172 valence electrons. The maximum absolute atomic E-state index is 13.1. The molecule has 0 amide bonds. The molecule has 10 nitrogen and oxygen atoms in total. The van der Waals surface area contributed by atoms with Gasteiger partial charge in [-0.25, -0.2) is 8.42 Å². The summed E-state index contributed by atoms with van der Waals surface area (Å²) in [6, 6.07) is 13.6. The van der Waals surface area contributed by atoms with Gasteiger partial charge in [-0.05, 0) is 36.4 Å². The Morgan fingerprint density at radius 3 is 2.24 bits per heavy atom. The van der Waals surface area contributed by atoms with Crippen molar-refractivity contribution >= 4 is 15.8 Å². The molecule has 0 bridgehead atoms. The van der Waals surface area contributed by atoms with E-state index in [0.29, 0.717) is 17.1 Å². The Labute approximate surface area is 190 Å².